The molecule has 0 atom stereocenters. The van der Waals surface area contributed by atoms with Crippen LogP contribution < -0.4 is 10.0 Å². The van der Waals surface area contributed by atoms with Crippen molar-refractivity contribution in [2.75, 3.05) is 10.0 Å². The van der Waals surface area contributed by atoms with E-state index in [9.17, 15) is 18.0 Å². The van der Waals surface area contributed by atoms with Gasteiger partial charge in [0.1, 0.15) is 4.21 Å². The average Bonchev–Trinajstić information content (AvgIpc) is 3.17. The minimum atomic E-state index is -3.69. The van der Waals surface area contributed by atoms with Crippen LogP contribution in [0.15, 0.2) is 70.3 Å². The zero-order valence-corrected chi connectivity index (χ0v) is 15.9. The number of carbonyl (C=O) groups is 2. The fourth-order valence-corrected chi connectivity index (χ4v) is 4.41. The fourth-order valence-electron chi connectivity index (χ4n) is 2.36. The summed E-state index contributed by atoms with van der Waals surface area (Å²) in [5.74, 6) is -0.510. The molecular formula is C19H16N2O4S2. The molecule has 0 spiro atoms. The lowest BCUT2D eigenvalue weighted by molar-refractivity contribution is 0.101. The van der Waals surface area contributed by atoms with Gasteiger partial charge in [-0.3, -0.25) is 14.3 Å². The summed E-state index contributed by atoms with van der Waals surface area (Å²) in [7, 11) is -3.69. The Morgan fingerprint density at radius 2 is 1.56 bits per heavy atom. The van der Waals surface area contributed by atoms with Gasteiger partial charge >= 0.3 is 0 Å². The Labute approximate surface area is 160 Å². The molecule has 0 fully saturated rings. The number of anilines is 2. The topological polar surface area (TPSA) is 92.3 Å². The monoisotopic (exact) mass is 400 g/mol. The van der Waals surface area contributed by atoms with Crippen LogP contribution in [0.3, 0.4) is 0 Å². The lowest BCUT2D eigenvalue weighted by Gasteiger charge is -2.09. The third kappa shape index (κ3) is 4.60. The highest BCUT2D eigenvalue weighted by atomic mass is 32.2. The summed E-state index contributed by atoms with van der Waals surface area (Å²) in [5, 5.41) is 4.38. The lowest BCUT2D eigenvalue weighted by atomic mass is 10.1. The Kier molecular flexibility index (Phi) is 5.38. The van der Waals surface area contributed by atoms with Crippen molar-refractivity contribution < 1.29 is 18.0 Å². The number of benzene rings is 2. The maximum atomic E-state index is 12.5. The summed E-state index contributed by atoms with van der Waals surface area (Å²) in [6.45, 7) is 1.45. The second-order valence-electron chi connectivity index (χ2n) is 5.71. The van der Waals surface area contributed by atoms with Gasteiger partial charge in [-0.2, -0.15) is 0 Å². The second-order valence-corrected chi connectivity index (χ2v) is 8.57. The molecule has 1 amide bonds. The van der Waals surface area contributed by atoms with Gasteiger partial charge in [0.15, 0.2) is 5.78 Å². The minimum absolute atomic E-state index is 0.101. The molecule has 0 saturated heterocycles. The fraction of sp³-hybridized carbons (Fsp3) is 0.0526. The highest BCUT2D eigenvalue weighted by Gasteiger charge is 2.16. The normalized spacial score (nSPS) is 11.0. The first kappa shape index (κ1) is 18.8. The molecule has 0 aliphatic carbocycles. The first-order valence-corrected chi connectivity index (χ1v) is 10.3. The van der Waals surface area contributed by atoms with E-state index >= 15 is 0 Å². The summed E-state index contributed by atoms with van der Waals surface area (Å²) < 4.78 is 27.3. The predicted octanol–water partition coefficient (Wildman–Crippen LogP) is 4.00. The average molecular weight is 400 g/mol. The summed E-state index contributed by atoms with van der Waals surface area (Å²) in [6, 6.07) is 15.9. The van der Waals surface area contributed by atoms with Gasteiger partial charge in [0.2, 0.25) is 0 Å². The summed E-state index contributed by atoms with van der Waals surface area (Å²) >= 11 is 1.11. The molecule has 6 nitrogen and oxygen atoms in total. The summed E-state index contributed by atoms with van der Waals surface area (Å²) in [4.78, 5) is 23.9. The number of thiophene rings is 1. The van der Waals surface area contributed by atoms with Crippen LogP contribution in [0.5, 0.6) is 0 Å². The van der Waals surface area contributed by atoms with Crippen molar-refractivity contribution in [2.24, 2.45) is 0 Å². The predicted molar refractivity (Wildman–Crippen MR) is 106 cm³/mol. The third-order valence-electron chi connectivity index (χ3n) is 3.66. The first-order valence-electron chi connectivity index (χ1n) is 7.94. The molecule has 0 saturated carbocycles. The van der Waals surface area contributed by atoms with Crippen LogP contribution in [-0.4, -0.2) is 20.1 Å². The molecule has 27 heavy (non-hydrogen) atoms. The molecule has 1 aromatic heterocycles. The Bertz CT molecular complexity index is 1090. The number of Topliss-reactive ketones (excluding diaryl/α,β-unsaturated/α-hetero) is 1. The number of amides is 1. The Morgan fingerprint density at radius 3 is 2.22 bits per heavy atom. The van der Waals surface area contributed by atoms with Gasteiger partial charge < -0.3 is 5.32 Å². The van der Waals surface area contributed by atoms with E-state index in [0.717, 1.165) is 11.3 Å². The maximum absolute atomic E-state index is 12.5. The standard InChI is InChI=1S/C19H16N2O4S2/c1-13(22)14-5-2-7-16(11-14)20-19(23)15-6-3-8-17(12-15)21-27(24,25)18-9-4-10-26-18/h2-12,21H,1H3,(H,20,23). The van der Waals surface area contributed by atoms with Gasteiger partial charge in [0.25, 0.3) is 15.9 Å². The Hall–Kier alpha value is -2.97. The van der Waals surface area contributed by atoms with E-state index in [0.29, 0.717) is 11.3 Å². The number of carbonyl (C=O) groups excluding carboxylic acids is 2. The van der Waals surface area contributed by atoms with E-state index in [1.807, 2.05) is 0 Å². The number of sulfonamides is 1. The highest BCUT2D eigenvalue weighted by Crippen LogP contribution is 2.21. The summed E-state index contributed by atoms with van der Waals surface area (Å²) in [5.41, 5.74) is 1.55. The quantitative estimate of drug-likeness (QED) is 0.612. The molecule has 0 bridgehead atoms. The SMILES string of the molecule is CC(=O)c1cccc(NC(=O)c2cccc(NS(=O)(=O)c3cccs3)c2)c1. The molecule has 0 aliphatic heterocycles. The lowest BCUT2D eigenvalue weighted by Crippen LogP contribution is -2.14. The third-order valence-corrected chi connectivity index (χ3v) is 6.44. The van der Waals surface area contributed by atoms with Crippen molar-refractivity contribution in [1.29, 1.82) is 0 Å². The van der Waals surface area contributed by atoms with Crippen LogP contribution >= 0.6 is 11.3 Å². The molecule has 0 unspecified atom stereocenters. The van der Waals surface area contributed by atoms with Crippen LogP contribution in [0, 0.1) is 0 Å². The number of ketones is 1. The Morgan fingerprint density at radius 1 is 0.889 bits per heavy atom. The maximum Gasteiger partial charge on any atom is 0.271 e. The van der Waals surface area contributed by atoms with Gasteiger partial charge in [-0.15, -0.1) is 11.3 Å². The van der Waals surface area contributed by atoms with E-state index in [2.05, 4.69) is 10.0 Å². The molecule has 0 radical (unpaired) electrons. The van der Waals surface area contributed by atoms with Crippen LogP contribution in [0.25, 0.3) is 0 Å². The number of hydrogen-bond acceptors (Lipinski definition) is 5. The van der Waals surface area contributed by atoms with Gasteiger partial charge in [0.05, 0.1) is 0 Å². The molecule has 3 aromatic rings. The molecule has 1 heterocycles. The zero-order chi connectivity index (χ0) is 19.4. The largest absolute Gasteiger partial charge is 0.322 e. The van der Waals surface area contributed by atoms with Crippen LogP contribution in [0.4, 0.5) is 11.4 Å². The van der Waals surface area contributed by atoms with E-state index in [1.54, 1.807) is 53.9 Å². The van der Waals surface area contributed by atoms with Gasteiger partial charge in [-0.1, -0.05) is 24.3 Å². The number of nitrogens with one attached hydrogen (secondary N) is 2. The molecule has 2 aromatic carbocycles. The van der Waals surface area contributed by atoms with Gasteiger partial charge in [0, 0.05) is 22.5 Å². The van der Waals surface area contributed by atoms with Crippen molar-refractivity contribution in [2.45, 2.75) is 11.1 Å². The molecule has 3 rings (SSSR count). The first-order chi connectivity index (χ1) is 12.8. The highest BCUT2D eigenvalue weighted by molar-refractivity contribution is 7.94. The zero-order valence-electron chi connectivity index (χ0n) is 14.3. The van der Waals surface area contributed by atoms with Crippen LogP contribution in [0.2, 0.25) is 0 Å². The van der Waals surface area contributed by atoms with Crippen molar-refractivity contribution in [3.63, 3.8) is 0 Å². The minimum Gasteiger partial charge on any atom is -0.322 e. The van der Waals surface area contributed by atoms with Gasteiger partial charge in [-0.25, -0.2) is 8.42 Å². The smallest absolute Gasteiger partial charge is 0.271 e. The molecule has 2 N–H and O–H groups in total. The van der Waals surface area contributed by atoms with Crippen molar-refractivity contribution in [1.82, 2.24) is 0 Å². The second kappa shape index (κ2) is 7.73. The van der Waals surface area contributed by atoms with Crippen LogP contribution in [0.1, 0.15) is 27.6 Å². The molecule has 0 aliphatic rings. The van der Waals surface area contributed by atoms with E-state index in [4.69, 9.17) is 0 Å². The van der Waals surface area contributed by atoms with E-state index in [1.165, 1.54) is 19.1 Å². The van der Waals surface area contributed by atoms with Crippen molar-refractivity contribution in [3.8, 4) is 0 Å². The van der Waals surface area contributed by atoms with Crippen molar-refractivity contribution in [3.05, 3.63) is 77.2 Å². The molecular weight excluding hydrogens is 384 g/mol. The Balaban J connectivity index is 1.78. The number of rotatable bonds is 6. The van der Waals surface area contributed by atoms with Crippen LogP contribution in [-0.2, 0) is 10.0 Å². The molecule has 8 heteroatoms. The molecule has 138 valence electrons. The van der Waals surface area contributed by atoms with E-state index < -0.39 is 15.9 Å². The van der Waals surface area contributed by atoms with Crippen molar-refractivity contribution >= 4 is 44.4 Å². The number of hydrogen-bond donors (Lipinski definition) is 2. The van der Waals surface area contributed by atoms with Gasteiger partial charge in [-0.05, 0) is 48.7 Å². The summed E-state index contributed by atoms with van der Waals surface area (Å²) in [6.07, 6.45) is 0. The van der Waals surface area contributed by atoms with E-state index in [-0.39, 0.29) is 21.2 Å².